The van der Waals surface area contributed by atoms with Crippen LogP contribution in [0.25, 0.3) is 0 Å². The molecule has 0 aliphatic carbocycles. The number of nitrogens with one attached hydrogen (secondary N) is 2. The molecule has 0 bridgehead atoms. The highest BCUT2D eigenvalue weighted by Gasteiger charge is 2.35. The van der Waals surface area contributed by atoms with Crippen molar-refractivity contribution in [2.45, 2.75) is 17.4 Å². The average molecular weight is 297 g/mol. The molecule has 1 aliphatic heterocycles. The lowest BCUT2D eigenvalue weighted by atomic mass is 10.2. The number of benzene rings is 1. The highest BCUT2D eigenvalue weighted by Crippen LogP contribution is 2.19. The van der Waals surface area contributed by atoms with Crippen molar-refractivity contribution in [3.05, 3.63) is 24.3 Å². The number of likely N-dealkylation sites (tertiary alicyclic amines) is 1. The van der Waals surface area contributed by atoms with E-state index in [2.05, 4.69) is 10.0 Å². The first-order valence-corrected chi connectivity index (χ1v) is 7.44. The van der Waals surface area contributed by atoms with E-state index in [1.807, 2.05) is 0 Å². The minimum atomic E-state index is -3.48. The van der Waals surface area contributed by atoms with Crippen molar-refractivity contribution in [3.8, 4) is 0 Å². The number of rotatable bonds is 4. The van der Waals surface area contributed by atoms with E-state index in [1.54, 1.807) is 12.1 Å². The normalized spacial score (nSPS) is 19.5. The lowest BCUT2D eigenvalue weighted by Crippen LogP contribution is -2.31. The molecule has 1 atom stereocenters. The van der Waals surface area contributed by atoms with Crippen LogP contribution in [0, 0.1) is 0 Å². The quantitative estimate of drug-likeness (QED) is 0.748. The number of nitrogens with zero attached hydrogens (tertiary/aromatic N) is 1. The third kappa shape index (κ3) is 2.66. The Kier molecular flexibility index (Phi) is 3.78. The number of sulfonamides is 1. The maximum Gasteiger partial charge on any atom is 0.251 e. The van der Waals surface area contributed by atoms with Gasteiger partial charge in [-0.3, -0.25) is 14.5 Å². The van der Waals surface area contributed by atoms with Crippen molar-refractivity contribution in [1.29, 1.82) is 0 Å². The molecule has 2 rings (SSSR count). The lowest BCUT2D eigenvalue weighted by Gasteiger charge is -2.12. The van der Waals surface area contributed by atoms with Gasteiger partial charge in [0.2, 0.25) is 15.9 Å². The minimum absolute atomic E-state index is 0.103. The van der Waals surface area contributed by atoms with Crippen LogP contribution < -0.4 is 10.0 Å². The van der Waals surface area contributed by atoms with E-state index < -0.39 is 16.1 Å². The molecule has 0 spiro atoms. The summed E-state index contributed by atoms with van der Waals surface area (Å²) >= 11 is 0. The standard InChI is InChI=1S/C12H15N3O4S/c1-13-20(18,19)9-5-3-8(4-6-9)14-10-7-11(16)15(2)12(10)17/h3-6,10,13-14H,7H2,1-2H3. The summed E-state index contributed by atoms with van der Waals surface area (Å²) in [6.45, 7) is 0. The molecule has 0 saturated carbocycles. The van der Waals surface area contributed by atoms with E-state index in [-0.39, 0.29) is 23.1 Å². The zero-order valence-electron chi connectivity index (χ0n) is 11.1. The number of carbonyl (C=O) groups excluding carboxylic acids is 2. The third-order valence-electron chi connectivity index (χ3n) is 3.16. The summed E-state index contributed by atoms with van der Waals surface area (Å²) in [6.07, 6.45) is 0.103. The fourth-order valence-corrected chi connectivity index (χ4v) is 2.65. The van der Waals surface area contributed by atoms with Gasteiger partial charge in [-0.05, 0) is 31.3 Å². The van der Waals surface area contributed by atoms with Crippen LogP contribution in [0.4, 0.5) is 5.69 Å². The van der Waals surface area contributed by atoms with Crippen LogP contribution in [0.15, 0.2) is 29.2 Å². The summed E-state index contributed by atoms with van der Waals surface area (Å²) in [5.74, 6) is -0.524. The van der Waals surface area contributed by atoms with Gasteiger partial charge in [0.15, 0.2) is 0 Å². The van der Waals surface area contributed by atoms with Crippen LogP contribution in [-0.2, 0) is 19.6 Å². The Morgan fingerprint density at radius 3 is 2.25 bits per heavy atom. The second-order valence-electron chi connectivity index (χ2n) is 4.42. The van der Waals surface area contributed by atoms with Crippen molar-refractivity contribution < 1.29 is 18.0 Å². The number of carbonyl (C=O) groups is 2. The predicted molar refractivity (Wildman–Crippen MR) is 72.5 cm³/mol. The minimum Gasteiger partial charge on any atom is -0.373 e. The molecule has 1 heterocycles. The van der Waals surface area contributed by atoms with Gasteiger partial charge < -0.3 is 5.32 Å². The first-order chi connectivity index (χ1) is 9.35. The molecule has 1 aromatic rings. The molecular formula is C12H15N3O4S. The van der Waals surface area contributed by atoms with Crippen molar-refractivity contribution in [2.24, 2.45) is 0 Å². The summed E-state index contributed by atoms with van der Waals surface area (Å²) in [7, 11) is -0.705. The van der Waals surface area contributed by atoms with Gasteiger partial charge in [-0.25, -0.2) is 13.1 Å². The maximum absolute atomic E-state index is 11.7. The monoisotopic (exact) mass is 297 g/mol. The highest BCUT2D eigenvalue weighted by atomic mass is 32.2. The molecule has 1 fully saturated rings. The molecule has 108 valence electrons. The van der Waals surface area contributed by atoms with Gasteiger partial charge in [0.05, 0.1) is 11.3 Å². The van der Waals surface area contributed by atoms with Gasteiger partial charge in [-0.2, -0.15) is 0 Å². The number of hydrogen-bond acceptors (Lipinski definition) is 5. The first-order valence-electron chi connectivity index (χ1n) is 5.95. The Morgan fingerprint density at radius 1 is 1.20 bits per heavy atom. The summed E-state index contributed by atoms with van der Waals surface area (Å²) in [5, 5.41) is 2.92. The molecule has 20 heavy (non-hydrogen) atoms. The van der Waals surface area contributed by atoms with Crippen LogP contribution in [0.3, 0.4) is 0 Å². The smallest absolute Gasteiger partial charge is 0.251 e. The van der Waals surface area contributed by atoms with Gasteiger partial charge in [0.25, 0.3) is 5.91 Å². The van der Waals surface area contributed by atoms with E-state index in [1.165, 1.54) is 26.2 Å². The van der Waals surface area contributed by atoms with Crippen molar-refractivity contribution in [3.63, 3.8) is 0 Å². The molecule has 2 N–H and O–H groups in total. The van der Waals surface area contributed by atoms with E-state index in [0.717, 1.165) is 4.90 Å². The van der Waals surface area contributed by atoms with Crippen molar-refractivity contribution in [1.82, 2.24) is 9.62 Å². The summed E-state index contributed by atoms with van der Waals surface area (Å²) in [5.41, 5.74) is 0.585. The van der Waals surface area contributed by atoms with Crippen molar-refractivity contribution >= 4 is 27.5 Å². The number of anilines is 1. The second kappa shape index (κ2) is 5.22. The topological polar surface area (TPSA) is 95.6 Å². The Hall–Kier alpha value is -1.93. The largest absolute Gasteiger partial charge is 0.373 e. The van der Waals surface area contributed by atoms with E-state index in [4.69, 9.17) is 0 Å². The molecule has 2 amide bonds. The second-order valence-corrected chi connectivity index (χ2v) is 6.31. The van der Waals surface area contributed by atoms with Crippen LogP contribution in [0.2, 0.25) is 0 Å². The SMILES string of the molecule is CNS(=O)(=O)c1ccc(NC2CC(=O)N(C)C2=O)cc1. The molecule has 1 aromatic carbocycles. The summed E-state index contributed by atoms with van der Waals surface area (Å²) in [6, 6.07) is 5.37. The van der Waals surface area contributed by atoms with Crippen LogP contribution in [-0.4, -0.2) is 45.3 Å². The van der Waals surface area contributed by atoms with Crippen LogP contribution in [0.5, 0.6) is 0 Å². The Labute approximate surface area is 117 Å². The van der Waals surface area contributed by atoms with E-state index >= 15 is 0 Å². The Bertz CT molecular complexity index is 639. The maximum atomic E-state index is 11.7. The molecular weight excluding hydrogens is 282 g/mol. The number of hydrogen-bond donors (Lipinski definition) is 2. The third-order valence-corrected chi connectivity index (χ3v) is 4.59. The molecule has 0 radical (unpaired) electrons. The fraction of sp³-hybridized carbons (Fsp3) is 0.333. The molecule has 1 saturated heterocycles. The first kappa shape index (κ1) is 14.5. The highest BCUT2D eigenvalue weighted by molar-refractivity contribution is 7.89. The van der Waals surface area contributed by atoms with Crippen LogP contribution >= 0.6 is 0 Å². The zero-order valence-corrected chi connectivity index (χ0v) is 11.9. The van der Waals surface area contributed by atoms with Crippen molar-refractivity contribution in [2.75, 3.05) is 19.4 Å². The van der Waals surface area contributed by atoms with Gasteiger partial charge in [0, 0.05) is 12.7 Å². The van der Waals surface area contributed by atoms with Gasteiger partial charge in [0.1, 0.15) is 6.04 Å². The predicted octanol–water partition coefficient (Wildman–Crippen LogP) is -0.236. The van der Waals surface area contributed by atoms with Crippen LogP contribution in [0.1, 0.15) is 6.42 Å². The van der Waals surface area contributed by atoms with E-state index in [0.29, 0.717) is 5.69 Å². The molecule has 0 aromatic heterocycles. The average Bonchev–Trinajstić information content (AvgIpc) is 2.67. The zero-order chi connectivity index (χ0) is 14.9. The molecule has 8 heteroatoms. The lowest BCUT2D eigenvalue weighted by molar-refractivity contribution is -0.136. The molecule has 7 nitrogen and oxygen atoms in total. The summed E-state index contributed by atoms with van der Waals surface area (Å²) in [4.78, 5) is 24.3. The fourth-order valence-electron chi connectivity index (χ4n) is 1.92. The van der Waals surface area contributed by atoms with E-state index in [9.17, 15) is 18.0 Å². The number of imide groups is 1. The Balaban J connectivity index is 2.13. The molecule has 1 unspecified atom stereocenters. The van der Waals surface area contributed by atoms with Gasteiger partial charge in [-0.15, -0.1) is 0 Å². The Morgan fingerprint density at radius 2 is 1.80 bits per heavy atom. The summed E-state index contributed by atoms with van der Waals surface area (Å²) < 4.78 is 25.3. The molecule has 1 aliphatic rings. The van der Waals surface area contributed by atoms with Gasteiger partial charge in [-0.1, -0.05) is 0 Å². The van der Waals surface area contributed by atoms with Gasteiger partial charge >= 0.3 is 0 Å². The number of likely N-dealkylation sites (N-methyl/N-ethyl adjacent to an activating group) is 1. The number of amides is 2.